The molecule has 1 heterocycles. The molecule has 0 aromatic carbocycles. The lowest BCUT2D eigenvalue weighted by molar-refractivity contribution is 0.177. The minimum absolute atomic E-state index is 0.624. The summed E-state index contributed by atoms with van der Waals surface area (Å²) in [5.74, 6) is 3.66. The monoisotopic (exact) mass is 173 g/mol. The molecular formula is C6H8BrN. The standard InChI is InChI=1S/C6H8BrN/c1-8-4-6(5-8)2-3-7/h6H,4-5H2,1H3. The summed E-state index contributed by atoms with van der Waals surface area (Å²) in [7, 11) is 2.10. The lowest BCUT2D eigenvalue weighted by atomic mass is 10.0. The molecule has 8 heavy (non-hydrogen) atoms. The molecule has 2 heteroatoms. The van der Waals surface area contributed by atoms with Gasteiger partial charge < -0.3 is 4.90 Å². The van der Waals surface area contributed by atoms with Gasteiger partial charge in [0.15, 0.2) is 0 Å². The fourth-order valence-electron chi connectivity index (χ4n) is 0.867. The molecule has 0 N–H and O–H groups in total. The summed E-state index contributed by atoms with van der Waals surface area (Å²) in [6.07, 6.45) is 0. The quantitative estimate of drug-likeness (QED) is 0.493. The summed E-state index contributed by atoms with van der Waals surface area (Å²) in [5, 5.41) is 0. The molecule has 0 aliphatic carbocycles. The van der Waals surface area contributed by atoms with Crippen molar-refractivity contribution >= 4 is 15.9 Å². The van der Waals surface area contributed by atoms with Crippen LogP contribution in [-0.2, 0) is 0 Å². The SMILES string of the molecule is CN1CC(C#CBr)C1. The minimum atomic E-state index is 0.624. The minimum Gasteiger partial charge on any atom is -0.304 e. The molecule has 0 bridgehead atoms. The molecule has 1 aliphatic heterocycles. The van der Waals surface area contributed by atoms with Crippen molar-refractivity contribution in [2.75, 3.05) is 20.1 Å². The number of hydrogen-bond acceptors (Lipinski definition) is 1. The second-order valence-corrected chi connectivity index (χ2v) is 2.55. The third-order valence-electron chi connectivity index (χ3n) is 1.32. The van der Waals surface area contributed by atoms with Crippen molar-refractivity contribution in [2.24, 2.45) is 5.92 Å². The maximum Gasteiger partial charge on any atom is 0.0466 e. The van der Waals surface area contributed by atoms with Gasteiger partial charge in [-0.15, -0.1) is 0 Å². The second kappa shape index (κ2) is 2.52. The van der Waals surface area contributed by atoms with Crippen LogP contribution in [0.15, 0.2) is 0 Å². The van der Waals surface area contributed by atoms with Gasteiger partial charge in [-0.1, -0.05) is 5.92 Å². The first-order valence-corrected chi connectivity index (χ1v) is 3.42. The van der Waals surface area contributed by atoms with Crippen LogP contribution in [0.25, 0.3) is 0 Å². The molecule has 0 spiro atoms. The third-order valence-corrected chi connectivity index (χ3v) is 1.55. The maximum absolute atomic E-state index is 3.06. The van der Waals surface area contributed by atoms with Crippen LogP contribution < -0.4 is 0 Å². The zero-order valence-electron chi connectivity index (χ0n) is 4.82. The topological polar surface area (TPSA) is 3.24 Å². The predicted octanol–water partition coefficient (Wildman–Crippen LogP) is 0.904. The van der Waals surface area contributed by atoms with Gasteiger partial charge in [0.25, 0.3) is 0 Å². The zero-order chi connectivity index (χ0) is 5.98. The van der Waals surface area contributed by atoms with Gasteiger partial charge in [0.05, 0.1) is 0 Å². The Morgan fingerprint density at radius 1 is 1.62 bits per heavy atom. The summed E-state index contributed by atoms with van der Waals surface area (Å²) < 4.78 is 0. The Bertz CT molecular complexity index is 127. The lowest BCUT2D eigenvalue weighted by Gasteiger charge is -2.32. The van der Waals surface area contributed by atoms with Crippen molar-refractivity contribution in [1.29, 1.82) is 0 Å². The van der Waals surface area contributed by atoms with E-state index in [1.165, 1.54) is 0 Å². The fraction of sp³-hybridized carbons (Fsp3) is 0.667. The van der Waals surface area contributed by atoms with Gasteiger partial charge >= 0.3 is 0 Å². The van der Waals surface area contributed by atoms with Crippen LogP contribution in [0.1, 0.15) is 0 Å². The molecule has 1 rings (SSSR count). The van der Waals surface area contributed by atoms with Crippen molar-refractivity contribution in [3.63, 3.8) is 0 Å². The van der Waals surface area contributed by atoms with Crippen LogP contribution in [-0.4, -0.2) is 25.0 Å². The summed E-state index contributed by atoms with van der Waals surface area (Å²) >= 11 is 3.06. The molecule has 0 amide bonds. The van der Waals surface area contributed by atoms with E-state index in [2.05, 4.69) is 38.6 Å². The van der Waals surface area contributed by atoms with E-state index in [9.17, 15) is 0 Å². The van der Waals surface area contributed by atoms with E-state index in [4.69, 9.17) is 0 Å². The molecule has 1 fully saturated rings. The van der Waals surface area contributed by atoms with Gasteiger partial charge in [-0.2, -0.15) is 0 Å². The smallest absolute Gasteiger partial charge is 0.0466 e. The van der Waals surface area contributed by atoms with Crippen LogP contribution in [0.3, 0.4) is 0 Å². The Hall–Kier alpha value is 0. The van der Waals surface area contributed by atoms with Gasteiger partial charge in [-0.05, 0) is 11.9 Å². The van der Waals surface area contributed by atoms with Gasteiger partial charge in [-0.25, -0.2) is 0 Å². The summed E-state index contributed by atoms with van der Waals surface area (Å²) in [5.41, 5.74) is 0. The Labute approximate surface area is 58.2 Å². The molecule has 0 unspecified atom stereocenters. The van der Waals surface area contributed by atoms with Gasteiger partial charge in [-0.3, -0.25) is 0 Å². The Kier molecular flexibility index (Phi) is 1.93. The van der Waals surface area contributed by atoms with Crippen molar-refractivity contribution in [1.82, 2.24) is 4.90 Å². The highest BCUT2D eigenvalue weighted by molar-refractivity contribution is 9.12. The van der Waals surface area contributed by atoms with Gasteiger partial charge in [0, 0.05) is 34.9 Å². The largest absolute Gasteiger partial charge is 0.304 e. The van der Waals surface area contributed by atoms with Crippen LogP contribution in [0.2, 0.25) is 0 Å². The number of halogens is 1. The molecule has 1 aliphatic rings. The zero-order valence-corrected chi connectivity index (χ0v) is 6.40. The number of nitrogens with zero attached hydrogens (tertiary/aromatic N) is 1. The average molecular weight is 174 g/mol. The van der Waals surface area contributed by atoms with E-state index in [1.807, 2.05) is 0 Å². The summed E-state index contributed by atoms with van der Waals surface area (Å²) in [6, 6.07) is 0. The lowest BCUT2D eigenvalue weighted by Crippen LogP contribution is -2.42. The first-order valence-electron chi connectivity index (χ1n) is 2.62. The van der Waals surface area contributed by atoms with Crippen LogP contribution in [0.5, 0.6) is 0 Å². The highest BCUT2D eigenvalue weighted by Gasteiger charge is 2.19. The van der Waals surface area contributed by atoms with Gasteiger partial charge in [0.1, 0.15) is 0 Å². The van der Waals surface area contributed by atoms with Crippen molar-refractivity contribution in [3.8, 4) is 10.8 Å². The van der Waals surface area contributed by atoms with E-state index in [0.717, 1.165) is 13.1 Å². The van der Waals surface area contributed by atoms with E-state index in [-0.39, 0.29) is 0 Å². The van der Waals surface area contributed by atoms with E-state index < -0.39 is 0 Å². The van der Waals surface area contributed by atoms with Gasteiger partial charge in [0.2, 0.25) is 0 Å². The maximum atomic E-state index is 3.06. The van der Waals surface area contributed by atoms with Crippen molar-refractivity contribution in [2.45, 2.75) is 0 Å². The molecular weight excluding hydrogens is 166 g/mol. The second-order valence-electron chi connectivity index (χ2n) is 2.16. The molecule has 0 radical (unpaired) electrons. The Morgan fingerprint density at radius 2 is 2.25 bits per heavy atom. The molecule has 0 aromatic rings. The molecule has 1 nitrogen and oxygen atoms in total. The first kappa shape index (κ1) is 6.12. The average Bonchev–Trinajstić information content (AvgIpc) is 1.64. The van der Waals surface area contributed by atoms with E-state index in [0.29, 0.717) is 5.92 Å². The fourth-order valence-corrected chi connectivity index (χ4v) is 1.19. The van der Waals surface area contributed by atoms with E-state index >= 15 is 0 Å². The van der Waals surface area contributed by atoms with Crippen LogP contribution in [0, 0.1) is 16.7 Å². The Balaban J connectivity index is 2.22. The molecule has 0 atom stereocenters. The normalized spacial score (nSPS) is 21.2. The third kappa shape index (κ3) is 1.24. The Morgan fingerprint density at radius 3 is 2.62 bits per heavy atom. The van der Waals surface area contributed by atoms with Crippen LogP contribution in [0.4, 0.5) is 0 Å². The van der Waals surface area contributed by atoms with Crippen LogP contribution >= 0.6 is 15.9 Å². The van der Waals surface area contributed by atoms with Crippen molar-refractivity contribution < 1.29 is 0 Å². The van der Waals surface area contributed by atoms with E-state index in [1.54, 1.807) is 0 Å². The van der Waals surface area contributed by atoms with Crippen molar-refractivity contribution in [3.05, 3.63) is 0 Å². The first-order chi connectivity index (χ1) is 3.83. The highest BCUT2D eigenvalue weighted by Crippen LogP contribution is 2.10. The molecule has 44 valence electrons. The summed E-state index contributed by atoms with van der Waals surface area (Å²) in [6.45, 7) is 2.28. The number of likely N-dealkylation sites (tertiary alicyclic amines) is 1. The molecule has 0 saturated carbocycles. The number of hydrogen-bond donors (Lipinski definition) is 0. The number of rotatable bonds is 0. The molecule has 0 aromatic heterocycles. The molecule has 1 saturated heterocycles. The predicted molar refractivity (Wildman–Crippen MR) is 37.7 cm³/mol. The summed E-state index contributed by atoms with van der Waals surface area (Å²) in [4.78, 5) is 4.98. The highest BCUT2D eigenvalue weighted by atomic mass is 79.9.